The van der Waals surface area contributed by atoms with Crippen LogP contribution in [0.2, 0.25) is 0 Å². The molecular weight excluding hydrogens is 200 g/mol. The topological polar surface area (TPSA) is 38.5 Å². The van der Waals surface area contributed by atoms with E-state index in [0.717, 1.165) is 39.1 Å². The quantitative estimate of drug-likeness (QED) is 0.659. The van der Waals surface area contributed by atoms with Gasteiger partial charge in [0, 0.05) is 19.7 Å². The van der Waals surface area contributed by atoms with Gasteiger partial charge in [0.1, 0.15) is 0 Å². The molecule has 0 aliphatic rings. The van der Waals surface area contributed by atoms with E-state index in [1.165, 1.54) is 0 Å². The van der Waals surface area contributed by atoms with E-state index in [9.17, 15) is 0 Å². The lowest BCUT2D eigenvalue weighted by atomic mass is 9.81. The number of hydrogen-bond acceptors (Lipinski definition) is 3. The molecule has 98 valence electrons. The van der Waals surface area contributed by atoms with E-state index in [0.29, 0.717) is 6.04 Å². The van der Waals surface area contributed by atoms with E-state index < -0.39 is 0 Å². The second-order valence-electron chi connectivity index (χ2n) is 4.78. The smallest absolute Gasteiger partial charge is 0.0615 e. The summed E-state index contributed by atoms with van der Waals surface area (Å²) >= 11 is 0. The number of methoxy groups -OCH3 is 1. The number of rotatable bonds is 9. The second-order valence-corrected chi connectivity index (χ2v) is 4.78. The third-order valence-electron chi connectivity index (χ3n) is 3.91. The SMILES string of the molecule is CCN(CC(CC)(CC)CN)C(C)COC. The zero-order valence-corrected chi connectivity index (χ0v) is 11.8. The van der Waals surface area contributed by atoms with Crippen LogP contribution in [0.4, 0.5) is 0 Å². The third-order valence-corrected chi connectivity index (χ3v) is 3.91. The van der Waals surface area contributed by atoms with Crippen LogP contribution in [0, 0.1) is 5.41 Å². The minimum absolute atomic E-state index is 0.276. The van der Waals surface area contributed by atoms with E-state index >= 15 is 0 Å². The van der Waals surface area contributed by atoms with Crippen LogP contribution in [0.25, 0.3) is 0 Å². The van der Waals surface area contributed by atoms with Gasteiger partial charge in [-0.2, -0.15) is 0 Å². The highest BCUT2D eigenvalue weighted by Crippen LogP contribution is 2.26. The van der Waals surface area contributed by atoms with Crippen molar-refractivity contribution in [3.8, 4) is 0 Å². The summed E-state index contributed by atoms with van der Waals surface area (Å²) < 4.78 is 5.23. The molecule has 0 saturated carbocycles. The third kappa shape index (κ3) is 4.40. The highest BCUT2D eigenvalue weighted by atomic mass is 16.5. The first-order valence-electron chi connectivity index (χ1n) is 6.52. The predicted octanol–water partition coefficient (Wildman–Crippen LogP) is 2.11. The molecule has 0 aromatic heterocycles. The lowest BCUT2D eigenvalue weighted by Crippen LogP contribution is -2.46. The Morgan fingerprint density at radius 3 is 2.12 bits per heavy atom. The maximum absolute atomic E-state index is 5.95. The van der Waals surface area contributed by atoms with Crippen molar-refractivity contribution in [3.63, 3.8) is 0 Å². The molecule has 0 aromatic carbocycles. The summed E-state index contributed by atoms with van der Waals surface area (Å²) in [6.45, 7) is 12.6. The molecule has 0 rings (SSSR count). The molecule has 0 heterocycles. The molecule has 0 radical (unpaired) electrons. The first-order chi connectivity index (χ1) is 7.59. The highest BCUT2D eigenvalue weighted by Gasteiger charge is 2.28. The van der Waals surface area contributed by atoms with Crippen molar-refractivity contribution < 1.29 is 4.74 Å². The Morgan fingerprint density at radius 2 is 1.81 bits per heavy atom. The van der Waals surface area contributed by atoms with E-state index in [-0.39, 0.29) is 5.41 Å². The number of nitrogens with two attached hydrogens (primary N) is 1. The Labute approximate surface area is 101 Å². The van der Waals surface area contributed by atoms with E-state index in [2.05, 4.69) is 32.6 Å². The van der Waals surface area contributed by atoms with Crippen molar-refractivity contribution in [3.05, 3.63) is 0 Å². The summed E-state index contributed by atoms with van der Waals surface area (Å²) in [5.41, 5.74) is 6.22. The van der Waals surface area contributed by atoms with Gasteiger partial charge in [0.15, 0.2) is 0 Å². The molecule has 0 spiro atoms. The fraction of sp³-hybridized carbons (Fsp3) is 1.00. The van der Waals surface area contributed by atoms with Crippen LogP contribution in [0.5, 0.6) is 0 Å². The summed E-state index contributed by atoms with van der Waals surface area (Å²) in [5.74, 6) is 0. The van der Waals surface area contributed by atoms with Gasteiger partial charge < -0.3 is 10.5 Å². The molecule has 1 atom stereocenters. The first-order valence-corrected chi connectivity index (χ1v) is 6.52. The van der Waals surface area contributed by atoms with Crippen molar-refractivity contribution >= 4 is 0 Å². The van der Waals surface area contributed by atoms with E-state index in [1.54, 1.807) is 7.11 Å². The molecule has 3 heteroatoms. The van der Waals surface area contributed by atoms with Crippen molar-refractivity contribution in [1.82, 2.24) is 4.90 Å². The maximum Gasteiger partial charge on any atom is 0.0615 e. The number of likely N-dealkylation sites (N-methyl/N-ethyl adjacent to an activating group) is 1. The Hall–Kier alpha value is -0.120. The molecule has 1 unspecified atom stereocenters. The fourth-order valence-electron chi connectivity index (χ4n) is 2.18. The van der Waals surface area contributed by atoms with Crippen molar-refractivity contribution in [2.75, 3.05) is 33.4 Å². The molecule has 0 aromatic rings. The lowest BCUT2D eigenvalue weighted by molar-refractivity contribution is 0.0646. The van der Waals surface area contributed by atoms with Gasteiger partial charge in [0.2, 0.25) is 0 Å². The molecule has 0 fully saturated rings. The van der Waals surface area contributed by atoms with Crippen LogP contribution >= 0.6 is 0 Å². The van der Waals surface area contributed by atoms with Gasteiger partial charge in [0.05, 0.1) is 6.61 Å². The molecule has 0 aliphatic heterocycles. The summed E-state index contributed by atoms with van der Waals surface area (Å²) in [7, 11) is 1.76. The van der Waals surface area contributed by atoms with Gasteiger partial charge in [-0.1, -0.05) is 20.8 Å². The Kier molecular flexibility index (Phi) is 7.98. The summed E-state index contributed by atoms with van der Waals surface area (Å²) in [6.07, 6.45) is 2.30. The van der Waals surface area contributed by atoms with Crippen LogP contribution in [0.3, 0.4) is 0 Å². The monoisotopic (exact) mass is 230 g/mol. The Bertz CT molecular complexity index is 161. The van der Waals surface area contributed by atoms with Gasteiger partial charge in [-0.15, -0.1) is 0 Å². The molecule has 0 amide bonds. The molecule has 16 heavy (non-hydrogen) atoms. The highest BCUT2D eigenvalue weighted by molar-refractivity contribution is 4.83. The minimum Gasteiger partial charge on any atom is -0.383 e. The van der Waals surface area contributed by atoms with Crippen LogP contribution in [0.1, 0.15) is 40.5 Å². The standard InChI is InChI=1S/C13H30N2O/c1-6-13(7-2,10-14)11-15(8-3)12(4)9-16-5/h12H,6-11,14H2,1-5H3. The van der Waals surface area contributed by atoms with Crippen molar-refractivity contribution in [1.29, 1.82) is 0 Å². The van der Waals surface area contributed by atoms with Gasteiger partial charge >= 0.3 is 0 Å². The van der Waals surface area contributed by atoms with E-state index in [1.807, 2.05) is 0 Å². The lowest BCUT2D eigenvalue weighted by Gasteiger charge is -2.38. The summed E-state index contributed by atoms with van der Waals surface area (Å²) in [4.78, 5) is 2.48. The molecular formula is C13H30N2O. The molecule has 0 bridgehead atoms. The van der Waals surface area contributed by atoms with Crippen LogP contribution < -0.4 is 5.73 Å². The normalized spacial score (nSPS) is 14.4. The van der Waals surface area contributed by atoms with Crippen LogP contribution in [0.15, 0.2) is 0 Å². The number of ether oxygens (including phenoxy) is 1. The largest absolute Gasteiger partial charge is 0.383 e. The Morgan fingerprint density at radius 1 is 1.25 bits per heavy atom. The zero-order chi connectivity index (χ0) is 12.6. The zero-order valence-electron chi connectivity index (χ0n) is 11.8. The van der Waals surface area contributed by atoms with Gasteiger partial charge in [-0.25, -0.2) is 0 Å². The average molecular weight is 230 g/mol. The minimum atomic E-state index is 0.276. The average Bonchev–Trinajstić information content (AvgIpc) is 2.32. The first kappa shape index (κ1) is 15.9. The molecule has 0 aliphatic carbocycles. The molecule has 0 saturated heterocycles. The second kappa shape index (κ2) is 8.04. The number of nitrogens with zero attached hydrogens (tertiary/aromatic N) is 1. The summed E-state index contributed by atoms with van der Waals surface area (Å²) in [5, 5.41) is 0. The summed E-state index contributed by atoms with van der Waals surface area (Å²) in [6, 6.07) is 0.471. The molecule has 3 nitrogen and oxygen atoms in total. The fourth-order valence-corrected chi connectivity index (χ4v) is 2.18. The van der Waals surface area contributed by atoms with Crippen LogP contribution in [-0.4, -0.2) is 44.3 Å². The van der Waals surface area contributed by atoms with E-state index in [4.69, 9.17) is 10.5 Å². The van der Waals surface area contributed by atoms with Gasteiger partial charge in [-0.3, -0.25) is 4.90 Å². The van der Waals surface area contributed by atoms with Gasteiger partial charge in [0.25, 0.3) is 0 Å². The predicted molar refractivity (Wildman–Crippen MR) is 70.7 cm³/mol. The molecule has 2 N–H and O–H groups in total. The Balaban J connectivity index is 4.48. The maximum atomic E-state index is 5.95. The van der Waals surface area contributed by atoms with Gasteiger partial charge in [-0.05, 0) is 38.3 Å². The number of hydrogen-bond donors (Lipinski definition) is 1. The van der Waals surface area contributed by atoms with Crippen LogP contribution in [-0.2, 0) is 4.74 Å². The van der Waals surface area contributed by atoms with Crippen molar-refractivity contribution in [2.24, 2.45) is 11.1 Å². The van der Waals surface area contributed by atoms with Crippen molar-refractivity contribution in [2.45, 2.75) is 46.6 Å².